The molecular formula is C14H18ClNO2. The summed E-state index contributed by atoms with van der Waals surface area (Å²) in [6, 6.07) is 7.99. The van der Waals surface area contributed by atoms with Crippen LogP contribution in [0.5, 0.6) is 0 Å². The molecule has 1 aliphatic rings. The van der Waals surface area contributed by atoms with E-state index in [4.69, 9.17) is 16.3 Å². The van der Waals surface area contributed by atoms with Crippen LogP contribution in [0.2, 0.25) is 0 Å². The number of benzene rings is 1. The Balaban J connectivity index is 1.97. The number of ether oxygens (including phenoxy) is 1. The van der Waals surface area contributed by atoms with Crippen LogP contribution < -0.4 is 0 Å². The van der Waals surface area contributed by atoms with Crippen molar-refractivity contribution in [3.63, 3.8) is 0 Å². The molecule has 0 N–H and O–H groups in total. The Morgan fingerprint density at radius 2 is 2.28 bits per heavy atom. The number of halogens is 1. The van der Waals surface area contributed by atoms with Gasteiger partial charge in [-0.2, -0.15) is 0 Å². The van der Waals surface area contributed by atoms with Gasteiger partial charge in [0.2, 0.25) is 5.91 Å². The average molecular weight is 268 g/mol. The summed E-state index contributed by atoms with van der Waals surface area (Å²) in [7, 11) is 0. The Morgan fingerprint density at radius 3 is 3.00 bits per heavy atom. The number of hydrogen-bond acceptors (Lipinski definition) is 2. The first-order chi connectivity index (χ1) is 8.70. The summed E-state index contributed by atoms with van der Waals surface area (Å²) >= 11 is 5.77. The van der Waals surface area contributed by atoms with Crippen molar-refractivity contribution in [2.75, 3.05) is 25.6 Å². The highest BCUT2D eigenvalue weighted by Crippen LogP contribution is 2.12. The topological polar surface area (TPSA) is 29.5 Å². The van der Waals surface area contributed by atoms with E-state index >= 15 is 0 Å². The van der Waals surface area contributed by atoms with Gasteiger partial charge in [-0.1, -0.05) is 24.3 Å². The summed E-state index contributed by atoms with van der Waals surface area (Å²) in [6.07, 6.45) is 0.433. The number of aryl methyl sites for hydroxylation is 1. The second kappa shape index (κ2) is 6.21. The number of hydrogen-bond donors (Lipinski definition) is 0. The Morgan fingerprint density at radius 1 is 1.50 bits per heavy atom. The molecule has 0 saturated carbocycles. The highest BCUT2D eigenvalue weighted by molar-refractivity contribution is 6.18. The number of carbonyl (C=O) groups is 1. The van der Waals surface area contributed by atoms with Gasteiger partial charge in [-0.15, -0.1) is 11.6 Å². The van der Waals surface area contributed by atoms with Crippen LogP contribution in [-0.2, 0) is 16.0 Å². The third-order valence-electron chi connectivity index (χ3n) is 3.27. The summed E-state index contributed by atoms with van der Waals surface area (Å²) < 4.78 is 5.46. The minimum absolute atomic E-state index is 0.0266. The second-order valence-corrected chi connectivity index (χ2v) is 4.90. The fraction of sp³-hybridized carbons (Fsp3) is 0.500. The number of rotatable bonds is 3. The molecule has 1 saturated heterocycles. The Hall–Kier alpha value is -1.06. The zero-order valence-electron chi connectivity index (χ0n) is 10.6. The summed E-state index contributed by atoms with van der Waals surface area (Å²) in [6.45, 7) is 3.88. The number of amides is 1. The van der Waals surface area contributed by atoms with E-state index in [2.05, 4.69) is 0 Å². The molecule has 1 fully saturated rings. The van der Waals surface area contributed by atoms with Crippen molar-refractivity contribution in [2.24, 2.45) is 0 Å². The zero-order valence-corrected chi connectivity index (χ0v) is 11.3. The van der Waals surface area contributed by atoms with Gasteiger partial charge >= 0.3 is 0 Å². The van der Waals surface area contributed by atoms with Gasteiger partial charge in [-0.3, -0.25) is 4.79 Å². The largest absolute Gasteiger partial charge is 0.373 e. The molecule has 2 rings (SSSR count). The van der Waals surface area contributed by atoms with Gasteiger partial charge in [0, 0.05) is 13.1 Å². The van der Waals surface area contributed by atoms with Crippen LogP contribution in [0.4, 0.5) is 0 Å². The first-order valence-corrected chi connectivity index (χ1v) is 6.74. The average Bonchev–Trinajstić information content (AvgIpc) is 2.41. The van der Waals surface area contributed by atoms with Crippen LogP contribution in [0.1, 0.15) is 11.1 Å². The Labute approximate surface area is 113 Å². The van der Waals surface area contributed by atoms with Crippen molar-refractivity contribution >= 4 is 17.5 Å². The molecule has 1 atom stereocenters. The minimum Gasteiger partial charge on any atom is -0.373 e. The smallest absolute Gasteiger partial charge is 0.227 e. The fourth-order valence-corrected chi connectivity index (χ4v) is 2.31. The van der Waals surface area contributed by atoms with Gasteiger partial charge < -0.3 is 9.64 Å². The molecule has 1 aliphatic heterocycles. The summed E-state index contributed by atoms with van der Waals surface area (Å²) in [4.78, 5) is 14.1. The van der Waals surface area contributed by atoms with Gasteiger partial charge in [0.15, 0.2) is 0 Å². The highest BCUT2D eigenvalue weighted by atomic mass is 35.5. The van der Waals surface area contributed by atoms with Crippen LogP contribution in [-0.4, -0.2) is 42.5 Å². The molecular weight excluding hydrogens is 250 g/mol. The monoisotopic (exact) mass is 267 g/mol. The summed E-state index contributed by atoms with van der Waals surface area (Å²) in [5.74, 6) is 0.594. The van der Waals surface area contributed by atoms with E-state index in [-0.39, 0.29) is 12.0 Å². The van der Waals surface area contributed by atoms with Crippen molar-refractivity contribution < 1.29 is 9.53 Å². The molecule has 1 aromatic carbocycles. The van der Waals surface area contributed by atoms with E-state index in [0.29, 0.717) is 32.0 Å². The lowest BCUT2D eigenvalue weighted by atomic mass is 10.1. The predicted octanol–water partition coefficient (Wildman–Crippen LogP) is 2.00. The molecule has 1 amide bonds. The maximum atomic E-state index is 12.2. The van der Waals surface area contributed by atoms with E-state index in [9.17, 15) is 4.79 Å². The number of nitrogens with zero attached hydrogens (tertiary/aromatic N) is 1. The molecule has 3 nitrogen and oxygen atoms in total. The van der Waals surface area contributed by atoms with Crippen molar-refractivity contribution in [1.82, 2.24) is 4.90 Å². The Kier molecular flexibility index (Phi) is 4.61. The lowest BCUT2D eigenvalue weighted by Crippen LogP contribution is -2.46. The molecule has 0 spiro atoms. The lowest BCUT2D eigenvalue weighted by Gasteiger charge is -2.32. The van der Waals surface area contributed by atoms with Crippen molar-refractivity contribution in [3.8, 4) is 0 Å². The molecule has 1 aromatic rings. The first kappa shape index (κ1) is 13.4. The van der Waals surface area contributed by atoms with E-state index in [1.54, 1.807) is 0 Å². The van der Waals surface area contributed by atoms with E-state index in [0.717, 1.165) is 11.1 Å². The van der Waals surface area contributed by atoms with E-state index < -0.39 is 0 Å². The van der Waals surface area contributed by atoms with Gasteiger partial charge in [0.1, 0.15) is 0 Å². The van der Waals surface area contributed by atoms with Gasteiger partial charge in [0.05, 0.1) is 25.0 Å². The molecule has 0 radical (unpaired) electrons. The van der Waals surface area contributed by atoms with Crippen LogP contribution in [0.25, 0.3) is 0 Å². The van der Waals surface area contributed by atoms with Gasteiger partial charge in [0.25, 0.3) is 0 Å². The van der Waals surface area contributed by atoms with Crippen LogP contribution >= 0.6 is 11.6 Å². The molecule has 0 aromatic heterocycles. The maximum absolute atomic E-state index is 12.2. The van der Waals surface area contributed by atoms with Crippen molar-refractivity contribution in [3.05, 3.63) is 35.4 Å². The standard InChI is InChI=1S/C14H18ClNO2/c1-11-4-2-3-5-12(11)8-14(17)16-6-7-18-13(9-15)10-16/h2-5,13H,6-10H2,1H3. The molecule has 0 aliphatic carbocycles. The first-order valence-electron chi connectivity index (χ1n) is 6.20. The lowest BCUT2D eigenvalue weighted by molar-refractivity contribution is -0.137. The maximum Gasteiger partial charge on any atom is 0.227 e. The van der Waals surface area contributed by atoms with Gasteiger partial charge in [-0.05, 0) is 18.1 Å². The normalized spacial score (nSPS) is 19.9. The predicted molar refractivity (Wildman–Crippen MR) is 71.9 cm³/mol. The minimum atomic E-state index is -0.0266. The summed E-state index contributed by atoms with van der Waals surface area (Å²) in [5, 5.41) is 0. The third-order valence-corrected chi connectivity index (χ3v) is 3.61. The van der Waals surface area contributed by atoms with E-state index in [1.165, 1.54) is 0 Å². The molecule has 1 unspecified atom stereocenters. The third kappa shape index (κ3) is 3.24. The zero-order chi connectivity index (χ0) is 13.0. The number of carbonyl (C=O) groups excluding carboxylic acids is 1. The van der Waals surface area contributed by atoms with Crippen LogP contribution in [0, 0.1) is 6.92 Å². The number of morpholine rings is 1. The highest BCUT2D eigenvalue weighted by Gasteiger charge is 2.23. The molecule has 98 valence electrons. The SMILES string of the molecule is Cc1ccccc1CC(=O)N1CCOC(CCl)C1. The summed E-state index contributed by atoms with van der Waals surface area (Å²) in [5.41, 5.74) is 2.25. The molecule has 18 heavy (non-hydrogen) atoms. The van der Waals surface area contributed by atoms with Crippen molar-refractivity contribution in [2.45, 2.75) is 19.4 Å². The number of alkyl halides is 1. The van der Waals surface area contributed by atoms with E-state index in [1.807, 2.05) is 36.1 Å². The van der Waals surface area contributed by atoms with Crippen LogP contribution in [0.15, 0.2) is 24.3 Å². The Bertz CT molecular complexity index is 422. The van der Waals surface area contributed by atoms with Crippen LogP contribution in [0.3, 0.4) is 0 Å². The van der Waals surface area contributed by atoms with Crippen molar-refractivity contribution in [1.29, 1.82) is 0 Å². The molecule has 1 heterocycles. The second-order valence-electron chi connectivity index (χ2n) is 4.59. The van der Waals surface area contributed by atoms with Gasteiger partial charge in [-0.25, -0.2) is 0 Å². The fourth-order valence-electron chi connectivity index (χ4n) is 2.12. The molecule has 0 bridgehead atoms. The quantitative estimate of drug-likeness (QED) is 0.784. The molecule has 4 heteroatoms.